The Bertz CT molecular complexity index is 521. The summed E-state index contributed by atoms with van der Waals surface area (Å²) in [6, 6.07) is 3.30. The Labute approximate surface area is 127 Å². The standard InChI is InChI=1S/C9H6N2O3.K/c12-7(9(13)14)6-4-11-8-5(6)2-1-3-10-8;/h1-4H,(H,10,11)(H,13,14);. The van der Waals surface area contributed by atoms with Gasteiger partial charge >= 0.3 is 5.97 Å². The van der Waals surface area contributed by atoms with Crippen molar-refractivity contribution in [3.05, 3.63) is 30.1 Å². The van der Waals surface area contributed by atoms with Crippen LogP contribution in [0.3, 0.4) is 0 Å². The summed E-state index contributed by atoms with van der Waals surface area (Å²) in [7, 11) is 0. The number of pyridine rings is 1. The fourth-order valence-electron chi connectivity index (χ4n) is 1.26. The molecule has 1 radical (unpaired) electrons. The molecule has 6 heteroatoms. The molecule has 0 aliphatic rings. The van der Waals surface area contributed by atoms with Gasteiger partial charge < -0.3 is 10.1 Å². The predicted molar refractivity (Wildman–Crippen MR) is 53.8 cm³/mol. The molecule has 2 aromatic rings. The number of Topliss-reactive ketones (excluding diaryl/α,β-unsaturated/α-hetero) is 1. The zero-order valence-corrected chi connectivity index (χ0v) is 11.1. The molecular formula is C9H6KN2O3. The number of carbonyl (C=O) groups is 2. The Balaban J connectivity index is 0.00000112. The van der Waals surface area contributed by atoms with E-state index in [9.17, 15) is 9.59 Å². The van der Waals surface area contributed by atoms with E-state index in [1.807, 2.05) is 0 Å². The first-order valence-corrected chi connectivity index (χ1v) is 3.90. The summed E-state index contributed by atoms with van der Waals surface area (Å²) >= 11 is 0. The maximum atomic E-state index is 11.2. The fraction of sp³-hybridized carbons (Fsp3) is 0. The van der Waals surface area contributed by atoms with Crippen LogP contribution in [0, 0.1) is 0 Å². The first kappa shape index (κ1) is 12.5. The van der Waals surface area contributed by atoms with Crippen molar-refractivity contribution in [1.82, 2.24) is 9.97 Å². The van der Waals surface area contributed by atoms with Crippen molar-refractivity contribution in [2.75, 3.05) is 0 Å². The Morgan fingerprint density at radius 2 is 2.13 bits per heavy atom. The van der Waals surface area contributed by atoms with Crippen LogP contribution in [0.1, 0.15) is 10.4 Å². The minimum absolute atomic E-state index is 0. The molecule has 2 heterocycles. The van der Waals surface area contributed by atoms with Gasteiger partial charge in [-0.15, -0.1) is 0 Å². The van der Waals surface area contributed by atoms with E-state index in [-0.39, 0.29) is 56.9 Å². The molecule has 0 aliphatic carbocycles. The number of carboxylic acids is 1. The summed E-state index contributed by atoms with van der Waals surface area (Å²) < 4.78 is 0. The summed E-state index contributed by atoms with van der Waals surface area (Å²) in [6.07, 6.45) is 2.92. The largest absolute Gasteiger partial charge is 0.475 e. The molecule has 2 rings (SSSR count). The molecule has 5 nitrogen and oxygen atoms in total. The van der Waals surface area contributed by atoms with Gasteiger partial charge in [-0.3, -0.25) is 4.79 Å². The van der Waals surface area contributed by atoms with Crippen molar-refractivity contribution >= 4 is 74.2 Å². The number of nitrogens with zero attached hydrogens (tertiary/aromatic N) is 1. The van der Waals surface area contributed by atoms with E-state index in [2.05, 4.69) is 9.97 Å². The summed E-state index contributed by atoms with van der Waals surface area (Å²) in [4.78, 5) is 28.3. The average Bonchev–Trinajstić information content (AvgIpc) is 2.60. The van der Waals surface area contributed by atoms with Crippen molar-refractivity contribution in [1.29, 1.82) is 0 Å². The minimum Gasteiger partial charge on any atom is -0.475 e. The number of aromatic nitrogens is 2. The normalized spacial score (nSPS) is 9.60. The molecule has 0 amide bonds. The number of aliphatic carboxylic acids is 1. The van der Waals surface area contributed by atoms with Gasteiger partial charge in [0.1, 0.15) is 5.65 Å². The molecule has 0 saturated heterocycles. The van der Waals surface area contributed by atoms with Crippen LogP contribution in [-0.2, 0) is 4.79 Å². The zero-order valence-electron chi connectivity index (χ0n) is 8.02. The summed E-state index contributed by atoms with van der Waals surface area (Å²) in [5.41, 5.74) is 0.651. The molecule has 0 aliphatic heterocycles. The van der Waals surface area contributed by atoms with E-state index in [1.54, 1.807) is 18.3 Å². The SMILES string of the molecule is O=C(O)C(=O)c1c[nH]c2ncccc12.[K]. The number of hydrogen-bond donors (Lipinski definition) is 2. The molecule has 2 aromatic heterocycles. The van der Waals surface area contributed by atoms with E-state index in [4.69, 9.17) is 5.11 Å². The number of nitrogens with one attached hydrogen (secondary N) is 1. The number of H-pyrrole nitrogens is 1. The second kappa shape index (κ2) is 5.00. The van der Waals surface area contributed by atoms with Gasteiger partial charge in [-0.2, -0.15) is 0 Å². The quantitative estimate of drug-likeness (QED) is 0.445. The number of aromatic amines is 1. The zero-order chi connectivity index (χ0) is 10.1. The second-order valence-corrected chi connectivity index (χ2v) is 2.74. The third-order valence-electron chi connectivity index (χ3n) is 1.89. The van der Waals surface area contributed by atoms with E-state index < -0.39 is 11.8 Å². The van der Waals surface area contributed by atoms with Gasteiger partial charge in [0.15, 0.2) is 0 Å². The van der Waals surface area contributed by atoms with E-state index in [0.717, 1.165) is 0 Å². The Hall–Kier alpha value is -0.534. The van der Waals surface area contributed by atoms with Gasteiger partial charge in [-0.05, 0) is 12.1 Å². The topological polar surface area (TPSA) is 83.0 Å². The maximum absolute atomic E-state index is 11.2. The van der Waals surface area contributed by atoms with Gasteiger partial charge in [-0.1, -0.05) is 0 Å². The molecule has 0 unspecified atom stereocenters. The van der Waals surface area contributed by atoms with Crippen molar-refractivity contribution < 1.29 is 14.7 Å². The molecule has 0 fully saturated rings. The predicted octanol–water partition coefficient (Wildman–Crippen LogP) is 0.449. The molecular weight excluding hydrogens is 223 g/mol. The molecule has 0 bridgehead atoms. The molecule has 0 atom stereocenters. The van der Waals surface area contributed by atoms with Gasteiger partial charge in [0, 0.05) is 69.2 Å². The van der Waals surface area contributed by atoms with Crippen molar-refractivity contribution in [3.8, 4) is 0 Å². The number of ketones is 1. The van der Waals surface area contributed by atoms with E-state index in [0.29, 0.717) is 11.0 Å². The molecule has 0 aromatic carbocycles. The van der Waals surface area contributed by atoms with Crippen LogP contribution in [0.25, 0.3) is 11.0 Å². The number of fused-ring (bicyclic) bond motifs is 1. The average molecular weight is 229 g/mol. The summed E-state index contributed by atoms with van der Waals surface area (Å²) in [5, 5.41) is 9.06. The van der Waals surface area contributed by atoms with Crippen molar-refractivity contribution in [3.63, 3.8) is 0 Å². The fourth-order valence-corrected chi connectivity index (χ4v) is 1.26. The summed E-state index contributed by atoms with van der Waals surface area (Å²) in [6.45, 7) is 0. The van der Waals surface area contributed by atoms with Crippen LogP contribution in [0.5, 0.6) is 0 Å². The van der Waals surface area contributed by atoms with Gasteiger partial charge in [0.05, 0.1) is 5.56 Å². The van der Waals surface area contributed by atoms with Gasteiger partial charge in [0.2, 0.25) is 0 Å². The molecule has 15 heavy (non-hydrogen) atoms. The van der Waals surface area contributed by atoms with Crippen LogP contribution in [0.15, 0.2) is 24.5 Å². The molecule has 0 spiro atoms. The van der Waals surface area contributed by atoms with Crippen LogP contribution >= 0.6 is 0 Å². The Morgan fingerprint density at radius 3 is 2.80 bits per heavy atom. The Kier molecular flexibility index (Phi) is 4.18. The smallest absolute Gasteiger partial charge is 0.377 e. The van der Waals surface area contributed by atoms with Gasteiger partial charge in [-0.25, -0.2) is 9.78 Å². The van der Waals surface area contributed by atoms with Crippen molar-refractivity contribution in [2.24, 2.45) is 0 Å². The van der Waals surface area contributed by atoms with Crippen LogP contribution in [0.2, 0.25) is 0 Å². The second-order valence-electron chi connectivity index (χ2n) is 2.74. The third-order valence-corrected chi connectivity index (χ3v) is 1.89. The minimum atomic E-state index is -1.46. The Morgan fingerprint density at radius 1 is 1.40 bits per heavy atom. The first-order valence-electron chi connectivity index (χ1n) is 3.90. The van der Waals surface area contributed by atoms with E-state index in [1.165, 1.54) is 6.20 Å². The number of rotatable bonds is 2. The maximum Gasteiger partial charge on any atom is 0.377 e. The van der Waals surface area contributed by atoms with Crippen LogP contribution in [0.4, 0.5) is 0 Å². The van der Waals surface area contributed by atoms with Crippen LogP contribution in [-0.4, -0.2) is 78.2 Å². The van der Waals surface area contributed by atoms with Crippen molar-refractivity contribution in [2.45, 2.75) is 0 Å². The van der Waals surface area contributed by atoms with E-state index >= 15 is 0 Å². The summed E-state index contributed by atoms with van der Waals surface area (Å²) in [5.74, 6) is -2.39. The van der Waals surface area contributed by atoms with Crippen LogP contribution < -0.4 is 0 Å². The molecule has 2 N–H and O–H groups in total. The monoisotopic (exact) mass is 229 g/mol. The van der Waals surface area contributed by atoms with Gasteiger partial charge in [0.25, 0.3) is 5.78 Å². The molecule has 0 saturated carbocycles. The third kappa shape index (κ3) is 2.35. The first-order chi connectivity index (χ1) is 6.70. The number of hydrogen-bond acceptors (Lipinski definition) is 3. The number of carbonyl (C=O) groups excluding carboxylic acids is 1. The number of carboxylic acid groups (broad SMARTS) is 1. The molecule has 71 valence electrons.